The van der Waals surface area contributed by atoms with E-state index in [9.17, 15) is 5.11 Å². The van der Waals surface area contributed by atoms with Gasteiger partial charge in [-0.25, -0.2) is 0 Å². The molecule has 0 saturated carbocycles. The maximum absolute atomic E-state index is 9.51. The van der Waals surface area contributed by atoms with E-state index in [1.54, 1.807) is 12.1 Å². The van der Waals surface area contributed by atoms with Gasteiger partial charge in [0.25, 0.3) is 0 Å². The van der Waals surface area contributed by atoms with Gasteiger partial charge in [0, 0.05) is 12.6 Å². The van der Waals surface area contributed by atoms with Crippen molar-refractivity contribution in [1.29, 1.82) is 0 Å². The molecule has 0 spiro atoms. The number of hydrogen-bond acceptors (Lipinski definition) is 3. The molecule has 2 N–H and O–H groups in total. The van der Waals surface area contributed by atoms with Crippen LogP contribution in [0.15, 0.2) is 48.5 Å². The van der Waals surface area contributed by atoms with Crippen LogP contribution in [0, 0.1) is 0 Å². The Kier molecular flexibility index (Phi) is 5.64. The van der Waals surface area contributed by atoms with E-state index in [1.165, 1.54) is 5.56 Å². The Morgan fingerprint density at radius 1 is 1.14 bits per heavy atom. The summed E-state index contributed by atoms with van der Waals surface area (Å²) in [5.41, 5.74) is 2.30. The van der Waals surface area contributed by atoms with E-state index in [1.807, 2.05) is 24.3 Å². The summed E-state index contributed by atoms with van der Waals surface area (Å²) < 4.78 is 5.57. The number of rotatable bonds is 7. The lowest BCUT2D eigenvalue weighted by molar-refractivity contribution is 0.317. The zero-order valence-corrected chi connectivity index (χ0v) is 12.7. The molecular weight excluding hydrogens is 262 g/mol. The number of phenolic OH excluding ortho intramolecular Hbond substituents is 1. The van der Waals surface area contributed by atoms with Gasteiger partial charge in [-0.1, -0.05) is 31.2 Å². The third-order valence-electron chi connectivity index (χ3n) is 3.38. The van der Waals surface area contributed by atoms with E-state index in [0.717, 1.165) is 30.9 Å². The Morgan fingerprint density at radius 3 is 2.57 bits per heavy atom. The second kappa shape index (κ2) is 7.70. The molecule has 2 aromatic rings. The molecule has 0 bridgehead atoms. The fraction of sp³-hybridized carbons (Fsp3) is 0.333. The highest BCUT2D eigenvalue weighted by molar-refractivity contribution is 5.30. The van der Waals surface area contributed by atoms with Crippen LogP contribution in [0.4, 0.5) is 0 Å². The molecule has 0 fully saturated rings. The van der Waals surface area contributed by atoms with E-state index in [2.05, 4.69) is 31.3 Å². The number of ether oxygens (including phenoxy) is 1. The van der Waals surface area contributed by atoms with Gasteiger partial charge in [0.2, 0.25) is 0 Å². The molecule has 3 heteroatoms. The molecule has 1 unspecified atom stereocenters. The van der Waals surface area contributed by atoms with Gasteiger partial charge < -0.3 is 15.2 Å². The molecule has 0 aromatic heterocycles. The number of aromatic hydroxyl groups is 1. The van der Waals surface area contributed by atoms with Gasteiger partial charge in [-0.2, -0.15) is 0 Å². The summed E-state index contributed by atoms with van der Waals surface area (Å²) in [5.74, 6) is 1.22. The first-order valence-electron chi connectivity index (χ1n) is 7.43. The van der Waals surface area contributed by atoms with Gasteiger partial charge in [0.15, 0.2) is 0 Å². The molecule has 0 heterocycles. The highest BCUT2D eigenvalue weighted by atomic mass is 16.5. The first kappa shape index (κ1) is 15.4. The molecule has 2 rings (SSSR count). The summed E-state index contributed by atoms with van der Waals surface area (Å²) in [7, 11) is 0. The molecule has 0 aliphatic carbocycles. The fourth-order valence-corrected chi connectivity index (χ4v) is 2.11. The summed E-state index contributed by atoms with van der Waals surface area (Å²) in [6, 6.07) is 15.7. The summed E-state index contributed by atoms with van der Waals surface area (Å²) in [6.07, 6.45) is 1.02. The van der Waals surface area contributed by atoms with Crippen LogP contribution >= 0.6 is 0 Å². The van der Waals surface area contributed by atoms with Crippen LogP contribution in [0.3, 0.4) is 0 Å². The minimum absolute atomic E-state index is 0.188. The first-order valence-corrected chi connectivity index (χ1v) is 7.43. The van der Waals surface area contributed by atoms with Gasteiger partial charge in [-0.3, -0.25) is 0 Å². The van der Waals surface area contributed by atoms with Gasteiger partial charge in [-0.05, 0) is 48.7 Å². The SMILES string of the molecule is CCCOc1ccc(CNC(C)c2cccc(O)c2)cc1. The minimum atomic E-state index is 0.188. The third kappa shape index (κ3) is 4.80. The maximum Gasteiger partial charge on any atom is 0.119 e. The smallest absolute Gasteiger partial charge is 0.119 e. The van der Waals surface area contributed by atoms with Crippen LogP contribution in [-0.4, -0.2) is 11.7 Å². The minimum Gasteiger partial charge on any atom is -0.508 e. The Labute approximate surface area is 126 Å². The summed E-state index contributed by atoms with van der Waals surface area (Å²) in [4.78, 5) is 0. The van der Waals surface area contributed by atoms with Crippen molar-refractivity contribution in [2.75, 3.05) is 6.61 Å². The average Bonchev–Trinajstić information content (AvgIpc) is 2.51. The maximum atomic E-state index is 9.51. The second-order valence-electron chi connectivity index (χ2n) is 5.19. The highest BCUT2D eigenvalue weighted by Crippen LogP contribution is 2.18. The van der Waals surface area contributed by atoms with Crippen LogP contribution in [0.25, 0.3) is 0 Å². The number of nitrogens with one attached hydrogen (secondary N) is 1. The van der Waals surface area contributed by atoms with Crippen molar-refractivity contribution in [2.45, 2.75) is 32.9 Å². The van der Waals surface area contributed by atoms with Crippen molar-refractivity contribution >= 4 is 0 Å². The zero-order valence-electron chi connectivity index (χ0n) is 12.7. The Balaban J connectivity index is 1.87. The standard InChI is InChI=1S/C18H23NO2/c1-3-11-21-18-9-7-15(8-10-18)13-19-14(2)16-5-4-6-17(20)12-16/h4-10,12,14,19-20H,3,11,13H2,1-2H3. The number of phenols is 1. The lowest BCUT2D eigenvalue weighted by Gasteiger charge is -2.15. The van der Waals surface area contributed by atoms with Crippen molar-refractivity contribution in [3.05, 3.63) is 59.7 Å². The molecule has 0 aliphatic heterocycles. The quantitative estimate of drug-likeness (QED) is 0.807. The van der Waals surface area contributed by atoms with Crippen LogP contribution in [0.5, 0.6) is 11.5 Å². The van der Waals surface area contributed by atoms with Crippen molar-refractivity contribution in [3.8, 4) is 11.5 Å². The molecule has 3 nitrogen and oxygen atoms in total. The second-order valence-corrected chi connectivity index (χ2v) is 5.19. The van der Waals surface area contributed by atoms with E-state index >= 15 is 0 Å². The molecular formula is C18H23NO2. The predicted molar refractivity (Wildman–Crippen MR) is 85.6 cm³/mol. The predicted octanol–water partition coefficient (Wildman–Crippen LogP) is 4.03. The van der Waals surface area contributed by atoms with Crippen molar-refractivity contribution in [2.24, 2.45) is 0 Å². The molecule has 0 amide bonds. The Morgan fingerprint density at radius 2 is 1.90 bits per heavy atom. The summed E-state index contributed by atoms with van der Waals surface area (Å²) in [6.45, 7) is 5.73. The van der Waals surface area contributed by atoms with Crippen molar-refractivity contribution in [1.82, 2.24) is 5.32 Å². The Bertz CT molecular complexity index is 551. The monoisotopic (exact) mass is 285 g/mol. The van der Waals surface area contributed by atoms with Gasteiger partial charge in [-0.15, -0.1) is 0 Å². The topological polar surface area (TPSA) is 41.5 Å². The van der Waals surface area contributed by atoms with Crippen molar-refractivity contribution in [3.63, 3.8) is 0 Å². The molecule has 1 atom stereocenters. The van der Waals surface area contributed by atoms with E-state index in [-0.39, 0.29) is 6.04 Å². The third-order valence-corrected chi connectivity index (χ3v) is 3.38. The lowest BCUT2D eigenvalue weighted by Crippen LogP contribution is -2.17. The molecule has 2 aromatic carbocycles. The zero-order chi connectivity index (χ0) is 15.1. The van der Waals surface area contributed by atoms with Crippen LogP contribution in [0.2, 0.25) is 0 Å². The number of benzene rings is 2. The van der Waals surface area contributed by atoms with E-state index < -0.39 is 0 Å². The summed E-state index contributed by atoms with van der Waals surface area (Å²) >= 11 is 0. The van der Waals surface area contributed by atoms with E-state index in [4.69, 9.17) is 4.74 Å². The average molecular weight is 285 g/mol. The normalized spacial score (nSPS) is 12.1. The molecule has 21 heavy (non-hydrogen) atoms. The molecule has 112 valence electrons. The number of hydrogen-bond donors (Lipinski definition) is 2. The molecule has 0 aliphatic rings. The first-order chi connectivity index (χ1) is 10.2. The largest absolute Gasteiger partial charge is 0.508 e. The van der Waals surface area contributed by atoms with Gasteiger partial charge >= 0.3 is 0 Å². The van der Waals surface area contributed by atoms with Gasteiger partial charge in [0.1, 0.15) is 11.5 Å². The highest BCUT2D eigenvalue weighted by Gasteiger charge is 2.05. The lowest BCUT2D eigenvalue weighted by atomic mass is 10.1. The van der Waals surface area contributed by atoms with Crippen molar-refractivity contribution < 1.29 is 9.84 Å². The van der Waals surface area contributed by atoms with Gasteiger partial charge in [0.05, 0.1) is 6.61 Å². The fourth-order valence-electron chi connectivity index (χ4n) is 2.11. The van der Waals surface area contributed by atoms with E-state index in [0.29, 0.717) is 5.75 Å². The summed E-state index contributed by atoms with van der Waals surface area (Å²) in [5, 5.41) is 13.0. The molecule has 0 radical (unpaired) electrons. The Hall–Kier alpha value is -2.00. The van der Waals surface area contributed by atoms with Crippen LogP contribution in [0.1, 0.15) is 37.4 Å². The van der Waals surface area contributed by atoms with Crippen LogP contribution in [-0.2, 0) is 6.54 Å². The molecule has 0 saturated heterocycles. The van der Waals surface area contributed by atoms with Crippen LogP contribution < -0.4 is 10.1 Å².